The molecule has 0 aliphatic rings. The third kappa shape index (κ3) is 18.6. The summed E-state index contributed by atoms with van der Waals surface area (Å²) in [6.45, 7) is 9.02. The van der Waals surface area contributed by atoms with E-state index in [2.05, 4.69) is 113 Å². The maximum atomic E-state index is 6.08. The van der Waals surface area contributed by atoms with Crippen LogP contribution in [0.15, 0.2) is 84.9 Å². The summed E-state index contributed by atoms with van der Waals surface area (Å²) in [6.07, 6.45) is 37.9. The molecule has 330 valence electrons. The van der Waals surface area contributed by atoms with Gasteiger partial charge in [0.25, 0.3) is 0 Å². The molecule has 0 saturated carbocycles. The second-order valence-corrected chi connectivity index (χ2v) is 18.7. The molecule has 4 N–H and O–H groups in total. The highest BCUT2D eigenvalue weighted by Crippen LogP contribution is 2.35. The summed E-state index contributed by atoms with van der Waals surface area (Å²) >= 11 is 0. The van der Waals surface area contributed by atoms with Crippen LogP contribution in [0.3, 0.4) is 0 Å². The molecule has 0 spiro atoms. The predicted molar refractivity (Wildman–Crippen MR) is 267 cm³/mol. The fourth-order valence-corrected chi connectivity index (χ4v) is 9.70. The first-order valence-electron chi connectivity index (χ1n) is 25.3. The zero-order valence-electron chi connectivity index (χ0n) is 39.2. The Balaban J connectivity index is 0.941. The monoisotopic (exact) mass is 813 g/mol. The van der Waals surface area contributed by atoms with Crippen molar-refractivity contribution in [1.82, 2.24) is 0 Å². The van der Waals surface area contributed by atoms with E-state index in [4.69, 9.17) is 11.5 Å². The molecular formula is C58H88N2. The highest BCUT2D eigenvalue weighted by molar-refractivity contribution is 5.49. The molecule has 0 amide bonds. The van der Waals surface area contributed by atoms with E-state index in [1.165, 1.54) is 224 Å². The quantitative estimate of drug-likeness (QED) is 0.0372. The lowest BCUT2D eigenvalue weighted by Gasteiger charge is -2.21. The third-order valence-electron chi connectivity index (χ3n) is 13.5. The second-order valence-electron chi connectivity index (χ2n) is 18.7. The van der Waals surface area contributed by atoms with Gasteiger partial charge in [-0.15, -0.1) is 0 Å². The minimum atomic E-state index is 0.468. The number of rotatable bonds is 33. The highest BCUT2D eigenvalue weighted by Gasteiger charge is 2.18. The van der Waals surface area contributed by atoms with E-state index in [0.29, 0.717) is 11.8 Å². The average Bonchev–Trinajstić information content (AvgIpc) is 3.24. The molecular weight excluding hydrogens is 725 g/mol. The fourth-order valence-electron chi connectivity index (χ4n) is 9.70. The van der Waals surface area contributed by atoms with E-state index in [9.17, 15) is 0 Å². The Bertz CT molecular complexity index is 1560. The molecule has 60 heavy (non-hydrogen) atoms. The standard InChI is InChI=1S/C58H88N2/c1-5-7-25-31-57(55-43-41-53(59)45-47(55)3)51-37-33-49(34-38-51)29-27-23-21-19-17-15-13-11-9-10-12-14-16-18-20-22-24-28-30-50-35-39-52(40-36-50)58(32-26-8-6-2)56-44-42-54(60)46-48(56)4/h33-46,57-58H,5-32,59-60H2,1-4H3. The van der Waals surface area contributed by atoms with Crippen LogP contribution in [-0.4, -0.2) is 0 Å². The van der Waals surface area contributed by atoms with Crippen LogP contribution in [0.1, 0.15) is 237 Å². The second kappa shape index (κ2) is 29.7. The molecule has 0 aromatic heterocycles. The normalized spacial score (nSPS) is 12.5. The molecule has 2 unspecified atom stereocenters. The zero-order valence-corrected chi connectivity index (χ0v) is 39.2. The van der Waals surface area contributed by atoms with Gasteiger partial charge in [-0.05, 0) is 121 Å². The van der Waals surface area contributed by atoms with Crippen LogP contribution < -0.4 is 11.5 Å². The highest BCUT2D eigenvalue weighted by atomic mass is 14.5. The summed E-state index contributed by atoms with van der Waals surface area (Å²) in [7, 11) is 0. The fraction of sp³-hybridized carbons (Fsp3) is 0.586. The first-order valence-corrected chi connectivity index (χ1v) is 25.3. The summed E-state index contributed by atoms with van der Waals surface area (Å²) in [5, 5.41) is 0. The van der Waals surface area contributed by atoms with Crippen LogP contribution in [0, 0.1) is 13.8 Å². The van der Waals surface area contributed by atoms with Crippen LogP contribution >= 0.6 is 0 Å². The van der Waals surface area contributed by atoms with Crippen LogP contribution in [0.2, 0.25) is 0 Å². The van der Waals surface area contributed by atoms with Crippen LogP contribution in [0.4, 0.5) is 11.4 Å². The van der Waals surface area contributed by atoms with Crippen molar-refractivity contribution in [2.24, 2.45) is 0 Å². The number of hydrogen-bond donors (Lipinski definition) is 2. The van der Waals surface area contributed by atoms with E-state index in [-0.39, 0.29) is 0 Å². The lowest BCUT2D eigenvalue weighted by molar-refractivity contribution is 0.524. The molecule has 2 heteroatoms. The van der Waals surface area contributed by atoms with E-state index in [1.807, 2.05) is 0 Å². The van der Waals surface area contributed by atoms with E-state index < -0.39 is 0 Å². The summed E-state index contributed by atoms with van der Waals surface area (Å²) in [5.74, 6) is 0.935. The van der Waals surface area contributed by atoms with Crippen molar-refractivity contribution in [2.45, 2.75) is 219 Å². The summed E-state index contributed by atoms with van der Waals surface area (Å²) in [4.78, 5) is 0. The number of unbranched alkanes of at least 4 members (excludes halogenated alkanes) is 21. The minimum absolute atomic E-state index is 0.468. The Labute approximate surface area is 370 Å². The Morgan fingerprint density at radius 2 is 0.650 bits per heavy atom. The van der Waals surface area contributed by atoms with Crippen LogP contribution in [-0.2, 0) is 12.8 Å². The number of nitrogens with two attached hydrogens (primary N) is 2. The van der Waals surface area contributed by atoms with Gasteiger partial charge in [0, 0.05) is 23.2 Å². The molecule has 2 atom stereocenters. The lowest BCUT2D eigenvalue weighted by atomic mass is 9.84. The van der Waals surface area contributed by atoms with Gasteiger partial charge in [-0.2, -0.15) is 0 Å². The van der Waals surface area contributed by atoms with Crippen molar-refractivity contribution in [2.75, 3.05) is 11.5 Å². The first kappa shape index (κ1) is 49.1. The average molecular weight is 813 g/mol. The molecule has 2 nitrogen and oxygen atoms in total. The third-order valence-corrected chi connectivity index (χ3v) is 13.5. The van der Waals surface area contributed by atoms with Gasteiger partial charge in [-0.3, -0.25) is 0 Å². The maximum absolute atomic E-state index is 6.08. The van der Waals surface area contributed by atoms with Crippen molar-refractivity contribution >= 4 is 11.4 Å². The molecule has 0 radical (unpaired) electrons. The molecule has 4 rings (SSSR count). The van der Waals surface area contributed by atoms with Crippen molar-refractivity contribution in [1.29, 1.82) is 0 Å². The van der Waals surface area contributed by atoms with E-state index >= 15 is 0 Å². The minimum Gasteiger partial charge on any atom is -0.399 e. The summed E-state index contributed by atoms with van der Waals surface area (Å²) in [6, 6.07) is 32.1. The topological polar surface area (TPSA) is 52.0 Å². The van der Waals surface area contributed by atoms with Crippen LogP contribution in [0.5, 0.6) is 0 Å². The van der Waals surface area contributed by atoms with Crippen molar-refractivity contribution in [3.63, 3.8) is 0 Å². The van der Waals surface area contributed by atoms with E-state index in [1.54, 1.807) is 0 Å². The van der Waals surface area contributed by atoms with Crippen molar-refractivity contribution in [3.05, 3.63) is 129 Å². The van der Waals surface area contributed by atoms with Gasteiger partial charge >= 0.3 is 0 Å². The number of hydrogen-bond acceptors (Lipinski definition) is 2. The lowest BCUT2D eigenvalue weighted by Crippen LogP contribution is -2.05. The maximum Gasteiger partial charge on any atom is 0.0316 e. The van der Waals surface area contributed by atoms with Gasteiger partial charge in [0.05, 0.1) is 0 Å². The number of aryl methyl sites for hydroxylation is 4. The Morgan fingerprint density at radius 3 is 0.933 bits per heavy atom. The SMILES string of the molecule is CCCCCC(c1ccc(CCCCCCCCCCCCCCCCCCCCc2ccc(C(CCCCC)c3ccc(N)cc3C)cc2)cc1)c1ccc(N)cc1C. The largest absolute Gasteiger partial charge is 0.399 e. The molecule has 0 heterocycles. The zero-order chi connectivity index (χ0) is 42.6. The predicted octanol–water partition coefficient (Wildman–Crippen LogP) is 17.7. The number of benzene rings is 4. The van der Waals surface area contributed by atoms with Crippen LogP contribution in [0.25, 0.3) is 0 Å². The number of anilines is 2. The Kier molecular flexibility index (Phi) is 24.3. The smallest absolute Gasteiger partial charge is 0.0316 e. The molecule has 0 bridgehead atoms. The van der Waals surface area contributed by atoms with Gasteiger partial charge in [0.15, 0.2) is 0 Å². The molecule has 0 aliphatic heterocycles. The molecule has 0 saturated heterocycles. The van der Waals surface area contributed by atoms with Crippen molar-refractivity contribution in [3.8, 4) is 0 Å². The van der Waals surface area contributed by atoms with E-state index in [0.717, 1.165) is 11.4 Å². The van der Waals surface area contributed by atoms with Crippen molar-refractivity contribution < 1.29 is 0 Å². The Hall–Kier alpha value is -3.52. The number of nitrogen functional groups attached to an aromatic ring is 2. The van der Waals surface area contributed by atoms with Gasteiger partial charge in [-0.1, -0.05) is 216 Å². The van der Waals surface area contributed by atoms with Gasteiger partial charge in [0.2, 0.25) is 0 Å². The first-order chi connectivity index (χ1) is 29.4. The molecule has 0 aliphatic carbocycles. The Morgan fingerprint density at radius 1 is 0.350 bits per heavy atom. The summed E-state index contributed by atoms with van der Waals surface area (Å²) < 4.78 is 0. The van der Waals surface area contributed by atoms with Gasteiger partial charge in [-0.25, -0.2) is 0 Å². The molecule has 4 aromatic carbocycles. The molecule has 0 fully saturated rings. The van der Waals surface area contributed by atoms with Gasteiger partial charge < -0.3 is 11.5 Å². The van der Waals surface area contributed by atoms with Gasteiger partial charge in [0.1, 0.15) is 0 Å². The molecule has 4 aromatic rings. The summed E-state index contributed by atoms with van der Waals surface area (Å²) in [5.41, 5.74) is 25.3.